The van der Waals surface area contributed by atoms with Crippen LogP contribution in [0.4, 0.5) is 13.2 Å². The van der Waals surface area contributed by atoms with Crippen molar-refractivity contribution in [2.75, 3.05) is 0 Å². The van der Waals surface area contributed by atoms with Crippen molar-refractivity contribution in [1.29, 1.82) is 0 Å². The summed E-state index contributed by atoms with van der Waals surface area (Å²) in [6, 6.07) is 0. The summed E-state index contributed by atoms with van der Waals surface area (Å²) >= 11 is 0. The van der Waals surface area contributed by atoms with E-state index in [2.05, 4.69) is 5.14 Å². The van der Waals surface area contributed by atoms with Crippen molar-refractivity contribution in [3.05, 3.63) is 0 Å². The maximum Gasteiger partial charge on any atom is 0.511 e. The van der Waals surface area contributed by atoms with E-state index in [1.54, 1.807) is 0 Å². The second kappa shape index (κ2) is 3.20. The van der Waals surface area contributed by atoms with Crippen LogP contribution in [0.15, 0.2) is 0 Å². The maximum absolute atomic E-state index is 10.8. The number of sulfonamides is 1. The molecule has 1 radical (unpaired) electrons. The molecule has 0 spiro atoms. The molecule has 51 valence electrons. The fourth-order valence-electron chi connectivity index (χ4n) is 0. The zero-order valence-corrected chi connectivity index (χ0v) is 7.25. The van der Waals surface area contributed by atoms with Crippen molar-refractivity contribution >= 4 is 39.6 Å². The Hall–Kier alpha value is 0.700. The number of primary sulfonamides is 1. The molecule has 0 saturated heterocycles. The third-order valence-corrected chi connectivity index (χ3v) is 0.968. The third-order valence-electron chi connectivity index (χ3n) is 0.323. The quantitative estimate of drug-likeness (QED) is 0.496. The molecule has 0 aromatic heterocycles. The van der Waals surface area contributed by atoms with Crippen LogP contribution in [0, 0.1) is 0 Å². The molecule has 3 nitrogen and oxygen atoms in total. The molecule has 0 aromatic carbocycles. The predicted molar refractivity (Wildman–Crippen MR) is 24.9 cm³/mol. The summed E-state index contributed by atoms with van der Waals surface area (Å²) < 4.78 is 51.2. The minimum absolute atomic E-state index is 0. The number of rotatable bonds is 0. The molecule has 0 heterocycles. The first-order chi connectivity index (χ1) is 3.25. The van der Waals surface area contributed by atoms with E-state index in [0.717, 1.165) is 0 Å². The van der Waals surface area contributed by atoms with Gasteiger partial charge in [-0.15, -0.1) is 0 Å². The first kappa shape index (κ1) is 12.4. The van der Waals surface area contributed by atoms with Crippen molar-refractivity contribution < 1.29 is 21.6 Å². The largest absolute Gasteiger partial charge is 0.511 e. The number of hydrogen-bond acceptors (Lipinski definition) is 2. The van der Waals surface area contributed by atoms with Crippen molar-refractivity contribution in [1.82, 2.24) is 0 Å². The normalized spacial score (nSPS) is 12.4. The summed E-state index contributed by atoms with van der Waals surface area (Å²) in [5, 5.41) is 3.66. The summed E-state index contributed by atoms with van der Waals surface area (Å²) in [7, 11) is -5.34. The van der Waals surface area contributed by atoms with E-state index in [0.29, 0.717) is 0 Å². The second-order valence-electron chi connectivity index (χ2n) is 0.991. The topological polar surface area (TPSA) is 60.2 Å². The van der Waals surface area contributed by atoms with Gasteiger partial charge >= 0.3 is 15.5 Å². The molecule has 0 fully saturated rings. The molecule has 8 heteroatoms. The van der Waals surface area contributed by atoms with Gasteiger partial charge in [0.05, 0.1) is 0 Å². The van der Waals surface area contributed by atoms with Crippen LogP contribution >= 0.6 is 0 Å². The van der Waals surface area contributed by atoms with Crippen molar-refractivity contribution in [2.24, 2.45) is 5.14 Å². The van der Waals surface area contributed by atoms with Crippen molar-refractivity contribution in [2.45, 2.75) is 5.51 Å². The van der Waals surface area contributed by atoms with Crippen LogP contribution in [0.1, 0.15) is 0 Å². The molecule has 0 bridgehead atoms. The van der Waals surface area contributed by atoms with Gasteiger partial charge in [0, 0.05) is 29.6 Å². The fourth-order valence-corrected chi connectivity index (χ4v) is 0. The van der Waals surface area contributed by atoms with Gasteiger partial charge in [-0.3, -0.25) is 0 Å². The molecule has 9 heavy (non-hydrogen) atoms. The Balaban J connectivity index is 0. The molecule has 0 aliphatic rings. The molecule has 0 saturated carbocycles. The van der Waals surface area contributed by atoms with E-state index in [-0.39, 0.29) is 29.6 Å². The average Bonchev–Trinajstić information content (AvgIpc) is 1.25. The summed E-state index contributed by atoms with van der Waals surface area (Å²) in [4.78, 5) is 0. The van der Waals surface area contributed by atoms with E-state index in [1.807, 2.05) is 0 Å². The molecule has 0 aliphatic carbocycles. The monoisotopic (exact) mass is 172 g/mol. The van der Waals surface area contributed by atoms with E-state index < -0.39 is 15.5 Å². The zero-order chi connectivity index (χ0) is 7.00. The number of alkyl halides is 3. The molecule has 0 atom stereocenters. The van der Waals surface area contributed by atoms with Crippen LogP contribution in [0.5, 0.6) is 0 Å². The molecule has 0 rings (SSSR count). The average molecular weight is 172 g/mol. The number of nitrogens with two attached hydrogens (primary N) is 1. The second-order valence-corrected chi connectivity index (χ2v) is 2.54. The van der Waals surface area contributed by atoms with Crippen LogP contribution in [0.2, 0.25) is 0 Å². The summed E-state index contributed by atoms with van der Waals surface area (Å²) in [6.07, 6.45) is 0. The van der Waals surface area contributed by atoms with E-state index in [9.17, 15) is 21.6 Å². The standard InChI is InChI=1S/CH2F3NO2S.Na/c2-1(3,4)8(5,6)7;/h(H2,5,6,7);. The van der Waals surface area contributed by atoms with Crippen LogP contribution in [-0.2, 0) is 10.0 Å². The number of halogens is 3. The summed E-state index contributed by atoms with van der Waals surface area (Å²) in [5.74, 6) is 0. The van der Waals surface area contributed by atoms with Crippen LogP contribution in [0.25, 0.3) is 0 Å². The van der Waals surface area contributed by atoms with Gasteiger partial charge in [-0.1, -0.05) is 0 Å². The van der Waals surface area contributed by atoms with E-state index in [1.165, 1.54) is 0 Å². The first-order valence-corrected chi connectivity index (χ1v) is 2.89. The molecule has 0 aliphatic heterocycles. The first-order valence-electron chi connectivity index (χ1n) is 1.34. The van der Waals surface area contributed by atoms with Gasteiger partial charge in [0.15, 0.2) is 0 Å². The minimum Gasteiger partial charge on any atom is -0.221 e. The smallest absolute Gasteiger partial charge is 0.221 e. The molecule has 2 N–H and O–H groups in total. The Morgan fingerprint density at radius 3 is 1.33 bits per heavy atom. The summed E-state index contributed by atoms with van der Waals surface area (Å²) in [6.45, 7) is 0. The molecule has 0 aromatic rings. The van der Waals surface area contributed by atoms with E-state index >= 15 is 0 Å². The third kappa shape index (κ3) is 4.15. The Bertz CT molecular complexity index is 171. The van der Waals surface area contributed by atoms with E-state index in [4.69, 9.17) is 0 Å². The van der Waals surface area contributed by atoms with Crippen molar-refractivity contribution in [3.63, 3.8) is 0 Å². The molecule has 0 amide bonds. The molecular formula is CH2F3NNaO2S. The SMILES string of the molecule is NS(=O)(=O)C(F)(F)F.[Na]. The van der Waals surface area contributed by atoms with Gasteiger partial charge in [-0.2, -0.15) is 13.2 Å². The molecular weight excluding hydrogens is 170 g/mol. The van der Waals surface area contributed by atoms with Gasteiger partial charge in [-0.25, -0.2) is 13.6 Å². The molecule has 0 unspecified atom stereocenters. The Kier molecular flexibility index (Phi) is 4.40. The fraction of sp³-hybridized carbons (Fsp3) is 1.00. The van der Waals surface area contributed by atoms with Gasteiger partial charge in [-0.05, 0) is 0 Å². The van der Waals surface area contributed by atoms with Gasteiger partial charge in [0.25, 0.3) is 0 Å². The number of hydrogen-bond donors (Lipinski definition) is 1. The van der Waals surface area contributed by atoms with Gasteiger partial charge in [0.1, 0.15) is 0 Å². The minimum atomic E-state index is -5.34. The van der Waals surface area contributed by atoms with Crippen LogP contribution in [-0.4, -0.2) is 43.5 Å². The predicted octanol–water partition coefficient (Wildman–Crippen LogP) is -0.586. The Labute approximate surface area is 71.7 Å². The van der Waals surface area contributed by atoms with Crippen LogP contribution < -0.4 is 5.14 Å². The van der Waals surface area contributed by atoms with Gasteiger partial charge in [0.2, 0.25) is 0 Å². The maximum atomic E-state index is 10.8. The summed E-state index contributed by atoms with van der Waals surface area (Å²) in [5.41, 5.74) is -5.31. The van der Waals surface area contributed by atoms with Crippen molar-refractivity contribution in [3.8, 4) is 0 Å². The Morgan fingerprint density at radius 1 is 1.22 bits per heavy atom. The van der Waals surface area contributed by atoms with Gasteiger partial charge < -0.3 is 0 Å². The Morgan fingerprint density at radius 2 is 1.33 bits per heavy atom. The van der Waals surface area contributed by atoms with Crippen LogP contribution in [0.3, 0.4) is 0 Å². The zero-order valence-electron chi connectivity index (χ0n) is 4.44.